The van der Waals surface area contributed by atoms with Crippen LogP contribution >= 0.6 is 0 Å². The monoisotopic (exact) mass is 210 g/mol. The van der Waals surface area contributed by atoms with Crippen LogP contribution in [0.3, 0.4) is 0 Å². The molecule has 0 aliphatic carbocycles. The number of nitrogens with zero attached hydrogens (tertiary/aromatic N) is 1. The molecule has 1 N–H and O–H groups in total. The Balaban J connectivity index is 1.86. The molecule has 0 spiro atoms. The summed E-state index contributed by atoms with van der Waals surface area (Å²) in [5.41, 5.74) is 0.194. The summed E-state index contributed by atoms with van der Waals surface area (Å²) < 4.78 is 0. The van der Waals surface area contributed by atoms with Gasteiger partial charge in [0, 0.05) is 19.5 Å². The van der Waals surface area contributed by atoms with E-state index in [-0.39, 0.29) is 5.41 Å². The van der Waals surface area contributed by atoms with Gasteiger partial charge in [-0.15, -0.1) is 0 Å². The maximum Gasteiger partial charge on any atom is 0.223 e. The Morgan fingerprint density at radius 1 is 1.53 bits per heavy atom. The highest BCUT2D eigenvalue weighted by molar-refractivity contribution is 5.79. The molecule has 0 aromatic rings. The molecule has 3 nitrogen and oxygen atoms in total. The minimum Gasteiger partial charge on any atom is -0.342 e. The number of likely N-dealkylation sites (tertiary alicyclic amines) is 1. The van der Waals surface area contributed by atoms with E-state index >= 15 is 0 Å². The smallest absolute Gasteiger partial charge is 0.223 e. The predicted molar refractivity (Wildman–Crippen MR) is 60.6 cm³/mol. The minimum absolute atomic E-state index is 0.194. The Hall–Kier alpha value is -0.570. The lowest BCUT2D eigenvalue weighted by molar-refractivity contribution is -0.128. The highest BCUT2D eigenvalue weighted by Gasteiger charge is 2.36. The molecule has 3 heteroatoms. The molecule has 1 unspecified atom stereocenters. The maximum atomic E-state index is 11.8. The fourth-order valence-corrected chi connectivity index (χ4v) is 2.74. The van der Waals surface area contributed by atoms with Gasteiger partial charge in [0.1, 0.15) is 0 Å². The third-order valence-electron chi connectivity index (χ3n) is 3.48. The van der Waals surface area contributed by atoms with Crippen molar-refractivity contribution in [1.29, 1.82) is 0 Å². The Labute approximate surface area is 92.2 Å². The molecule has 2 rings (SSSR count). The zero-order valence-electron chi connectivity index (χ0n) is 9.88. The molecular weight excluding hydrogens is 188 g/mol. The van der Waals surface area contributed by atoms with Gasteiger partial charge in [-0.2, -0.15) is 0 Å². The fourth-order valence-electron chi connectivity index (χ4n) is 2.74. The van der Waals surface area contributed by atoms with Crippen molar-refractivity contribution in [2.24, 2.45) is 11.3 Å². The molecule has 0 radical (unpaired) electrons. The number of carbonyl (C=O) groups excluding carboxylic acids is 1. The number of carbonyl (C=O) groups is 1. The largest absolute Gasteiger partial charge is 0.342 e. The van der Waals surface area contributed by atoms with Crippen molar-refractivity contribution in [2.45, 2.75) is 33.1 Å². The SMILES string of the molecule is CC1(C)CC(=O)N(CC2CCCNC2)C1. The molecule has 0 aromatic carbocycles. The van der Waals surface area contributed by atoms with Gasteiger partial charge in [-0.3, -0.25) is 4.79 Å². The first kappa shape index (κ1) is 10.9. The van der Waals surface area contributed by atoms with Gasteiger partial charge < -0.3 is 10.2 Å². The van der Waals surface area contributed by atoms with Crippen molar-refractivity contribution < 1.29 is 4.79 Å². The third kappa shape index (κ3) is 2.71. The summed E-state index contributed by atoms with van der Waals surface area (Å²) >= 11 is 0. The lowest BCUT2D eigenvalue weighted by Gasteiger charge is -2.28. The summed E-state index contributed by atoms with van der Waals surface area (Å²) in [5, 5.41) is 3.41. The second kappa shape index (κ2) is 4.12. The Morgan fingerprint density at radius 3 is 2.87 bits per heavy atom. The van der Waals surface area contributed by atoms with E-state index < -0.39 is 0 Å². The van der Waals surface area contributed by atoms with Gasteiger partial charge in [-0.05, 0) is 37.3 Å². The van der Waals surface area contributed by atoms with Crippen LogP contribution < -0.4 is 5.32 Å². The summed E-state index contributed by atoms with van der Waals surface area (Å²) in [6, 6.07) is 0. The van der Waals surface area contributed by atoms with Gasteiger partial charge in [0.15, 0.2) is 0 Å². The second-order valence-electron chi connectivity index (χ2n) is 5.83. The van der Waals surface area contributed by atoms with E-state index in [0.717, 1.165) is 32.6 Å². The van der Waals surface area contributed by atoms with Gasteiger partial charge in [0.05, 0.1) is 0 Å². The van der Waals surface area contributed by atoms with E-state index in [1.165, 1.54) is 12.8 Å². The summed E-state index contributed by atoms with van der Waals surface area (Å²) in [4.78, 5) is 13.8. The number of hydrogen-bond donors (Lipinski definition) is 1. The quantitative estimate of drug-likeness (QED) is 0.744. The summed E-state index contributed by atoms with van der Waals surface area (Å²) in [7, 11) is 0. The molecule has 1 atom stereocenters. The maximum absolute atomic E-state index is 11.8. The van der Waals surface area contributed by atoms with Crippen LogP contribution in [0.25, 0.3) is 0 Å². The van der Waals surface area contributed by atoms with Crippen LogP contribution in [-0.2, 0) is 4.79 Å². The normalized spacial score (nSPS) is 30.9. The van der Waals surface area contributed by atoms with Crippen LogP contribution in [0.2, 0.25) is 0 Å². The van der Waals surface area contributed by atoms with E-state index in [0.29, 0.717) is 11.8 Å². The fraction of sp³-hybridized carbons (Fsp3) is 0.917. The lowest BCUT2D eigenvalue weighted by atomic mass is 9.93. The average molecular weight is 210 g/mol. The van der Waals surface area contributed by atoms with Crippen molar-refractivity contribution in [3.8, 4) is 0 Å². The zero-order chi connectivity index (χ0) is 10.9. The molecule has 1 amide bonds. The molecular formula is C12H22N2O. The van der Waals surface area contributed by atoms with Gasteiger partial charge in [0.25, 0.3) is 0 Å². The van der Waals surface area contributed by atoms with Crippen LogP contribution in [0.5, 0.6) is 0 Å². The van der Waals surface area contributed by atoms with Crippen LogP contribution in [0.15, 0.2) is 0 Å². The van der Waals surface area contributed by atoms with Gasteiger partial charge in [-0.25, -0.2) is 0 Å². The average Bonchev–Trinajstić information content (AvgIpc) is 2.41. The first-order valence-electron chi connectivity index (χ1n) is 6.05. The minimum atomic E-state index is 0.194. The third-order valence-corrected chi connectivity index (χ3v) is 3.48. The number of hydrogen-bond acceptors (Lipinski definition) is 2. The second-order valence-corrected chi connectivity index (χ2v) is 5.83. The van der Waals surface area contributed by atoms with Crippen molar-refractivity contribution in [3.05, 3.63) is 0 Å². The summed E-state index contributed by atoms with van der Waals surface area (Å²) in [6.07, 6.45) is 3.26. The first-order valence-corrected chi connectivity index (χ1v) is 6.05. The van der Waals surface area contributed by atoms with Crippen molar-refractivity contribution >= 4 is 5.91 Å². The van der Waals surface area contributed by atoms with E-state index in [9.17, 15) is 4.79 Å². The lowest BCUT2D eigenvalue weighted by Crippen LogP contribution is -2.39. The molecule has 2 saturated heterocycles. The Morgan fingerprint density at radius 2 is 2.33 bits per heavy atom. The Bertz CT molecular complexity index is 244. The van der Waals surface area contributed by atoms with Crippen LogP contribution in [0.1, 0.15) is 33.1 Å². The molecule has 86 valence electrons. The van der Waals surface area contributed by atoms with Crippen molar-refractivity contribution in [1.82, 2.24) is 10.2 Å². The van der Waals surface area contributed by atoms with Gasteiger partial charge in [-0.1, -0.05) is 13.8 Å². The molecule has 2 heterocycles. The molecule has 2 aliphatic rings. The molecule has 0 bridgehead atoms. The number of amides is 1. The zero-order valence-corrected chi connectivity index (χ0v) is 9.88. The Kier molecular flexibility index (Phi) is 3.01. The first-order chi connectivity index (χ1) is 7.07. The highest BCUT2D eigenvalue weighted by Crippen LogP contribution is 2.30. The standard InChI is InChI=1S/C12H22N2O/c1-12(2)6-11(15)14(9-12)8-10-4-3-5-13-7-10/h10,13H,3-9H2,1-2H3. The van der Waals surface area contributed by atoms with Crippen molar-refractivity contribution in [3.63, 3.8) is 0 Å². The van der Waals surface area contributed by atoms with Crippen LogP contribution in [0.4, 0.5) is 0 Å². The molecule has 0 saturated carbocycles. The number of nitrogens with one attached hydrogen (secondary N) is 1. The number of rotatable bonds is 2. The molecule has 15 heavy (non-hydrogen) atoms. The van der Waals surface area contributed by atoms with Crippen LogP contribution in [0, 0.1) is 11.3 Å². The van der Waals surface area contributed by atoms with Crippen LogP contribution in [-0.4, -0.2) is 37.0 Å². The van der Waals surface area contributed by atoms with E-state index in [1.807, 2.05) is 0 Å². The highest BCUT2D eigenvalue weighted by atomic mass is 16.2. The van der Waals surface area contributed by atoms with E-state index in [2.05, 4.69) is 24.1 Å². The molecule has 0 aromatic heterocycles. The molecule has 2 fully saturated rings. The van der Waals surface area contributed by atoms with Gasteiger partial charge in [0.2, 0.25) is 5.91 Å². The summed E-state index contributed by atoms with van der Waals surface area (Å²) in [5.74, 6) is 1.03. The topological polar surface area (TPSA) is 32.3 Å². The van der Waals surface area contributed by atoms with E-state index in [1.54, 1.807) is 0 Å². The summed E-state index contributed by atoms with van der Waals surface area (Å²) in [6.45, 7) is 8.52. The van der Waals surface area contributed by atoms with Crippen molar-refractivity contribution in [2.75, 3.05) is 26.2 Å². The predicted octanol–water partition coefficient (Wildman–Crippen LogP) is 1.24. The number of piperidine rings is 1. The van der Waals surface area contributed by atoms with E-state index in [4.69, 9.17) is 0 Å². The molecule has 2 aliphatic heterocycles. The van der Waals surface area contributed by atoms with Gasteiger partial charge >= 0.3 is 0 Å².